The van der Waals surface area contributed by atoms with Crippen molar-refractivity contribution in [2.45, 2.75) is 51.4 Å². The topological polar surface area (TPSA) is 33.6 Å². The van der Waals surface area contributed by atoms with Crippen molar-refractivity contribution in [3.63, 3.8) is 0 Å². The van der Waals surface area contributed by atoms with Gasteiger partial charge in [-0.25, -0.2) is 0 Å². The number of ether oxygens (including phenoxy) is 1. The van der Waals surface area contributed by atoms with E-state index in [0.717, 1.165) is 19.4 Å². The highest BCUT2D eigenvalue weighted by Gasteiger charge is 2.30. The fourth-order valence-electron chi connectivity index (χ4n) is 2.11. The first-order valence-corrected chi connectivity index (χ1v) is 5.21. The van der Waals surface area contributed by atoms with E-state index in [1.807, 2.05) is 0 Å². The van der Waals surface area contributed by atoms with Crippen molar-refractivity contribution < 1.29 is 4.74 Å². The maximum absolute atomic E-state index is 5.67. The molecule has 0 spiro atoms. The first-order valence-electron chi connectivity index (χ1n) is 5.21. The lowest BCUT2D eigenvalue weighted by atomic mass is 10.1. The van der Waals surface area contributed by atoms with Crippen molar-refractivity contribution in [1.29, 1.82) is 0 Å². The van der Waals surface area contributed by atoms with Crippen LogP contribution < -0.4 is 5.32 Å². The Morgan fingerprint density at radius 1 is 1.46 bits per heavy atom. The second-order valence-corrected chi connectivity index (χ2v) is 4.07. The molecule has 0 aromatic heterocycles. The van der Waals surface area contributed by atoms with E-state index >= 15 is 0 Å². The summed E-state index contributed by atoms with van der Waals surface area (Å²) in [5.74, 6) is 1.19. The minimum absolute atomic E-state index is 0.332. The van der Waals surface area contributed by atoms with Gasteiger partial charge in [0, 0.05) is 13.0 Å². The molecule has 74 valence electrons. The van der Waals surface area contributed by atoms with E-state index in [-0.39, 0.29) is 0 Å². The van der Waals surface area contributed by atoms with Gasteiger partial charge >= 0.3 is 0 Å². The maximum atomic E-state index is 5.67. The molecule has 1 saturated heterocycles. The molecule has 0 aromatic carbocycles. The van der Waals surface area contributed by atoms with Crippen LogP contribution in [-0.2, 0) is 4.74 Å². The average molecular weight is 182 g/mol. The lowest BCUT2D eigenvalue weighted by molar-refractivity contribution is 0.0622. The molecule has 3 unspecified atom stereocenters. The lowest BCUT2D eigenvalue weighted by Gasteiger charge is -2.16. The van der Waals surface area contributed by atoms with Gasteiger partial charge in [-0.05, 0) is 26.7 Å². The molecule has 2 rings (SSSR count). The molecule has 3 atom stereocenters. The molecule has 3 heteroatoms. The van der Waals surface area contributed by atoms with E-state index in [2.05, 4.69) is 24.2 Å². The zero-order valence-electron chi connectivity index (χ0n) is 8.42. The predicted octanol–water partition coefficient (Wildman–Crippen LogP) is 1.33. The Kier molecular flexibility index (Phi) is 2.54. The second kappa shape index (κ2) is 3.66. The van der Waals surface area contributed by atoms with Crippen LogP contribution in [0.5, 0.6) is 0 Å². The number of hydrogen-bond acceptors (Lipinski definition) is 3. The Morgan fingerprint density at radius 3 is 2.85 bits per heavy atom. The predicted molar refractivity (Wildman–Crippen MR) is 53.1 cm³/mol. The third kappa shape index (κ3) is 2.02. The Morgan fingerprint density at radius 2 is 2.31 bits per heavy atom. The Hall–Kier alpha value is -0.570. The zero-order chi connectivity index (χ0) is 9.26. The zero-order valence-corrected chi connectivity index (χ0v) is 8.42. The summed E-state index contributed by atoms with van der Waals surface area (Å²) >= 11 is 0. The van der Waals surface area contributed by atoms with Crippen LogP contribution in [0.25, 0.3) is 0 Å². The summed E-state index contributed by atoms with van der Waals surface area (Å²) in [6.07, 6.45) is 4.17. The van der Waals surface area contributed by atoms with E-state index in [1.54, 1.807) is 0 Å². The van der Waals surface area contributed by atoms with E-state index in [1.165, 1.54) is 12.3 Å². The number of hydrogen-bond donors (Lipinski definition) is 1. The van der Waals surface area contributed by atoms with Gasteiger partial charge in [0.25, 0.3) is 0 Å². The van der Waals surface area contributed by atoms with Gasteiger partial charge in [0.05, 0.1) is 24.1 Å². The van der Waals surface area contributed by atoms with Crippen LogP contribution >= 0.6 is 0 Å². The van der Waals surface area contributed by atoms with Crippen LogP contribution in [0, 0.1) is 0 Å². The Bertz CT molecular complexity index is 215. The van der Waals surface area contributed by atoms with Crippen molar-refractivity contribution in [2.75, 3.05) is 6.54 Å². The molecule has 1 fully saturated rings. The van der Waals surface area contributed by atoms with Crippen molar-refractivity contribution in [2.24, 2.45) is 4.99 Å². The van der Waals surface area contributed by atoms with Crippen LogP contribution in [0.1, 0.15) is 33.1 Å². The highest BCUT2D eigenvalue weighted by Crippen LogP contribution is 2.20. The maximum Gasteiger partial charge on any atom is 0.0966 e. The summed E-state index contributed by atoms with van der Waals surface area (Å²) in [6.45, 7) is 5.27. The van der Waals surface area contributed by atoms with Crippen LogP contribution in [0.3, 0.4) is 0 Å². The molecule has 0 aliphatic carbocycles. The summed E-state index contributed by atoms with van der Waals surface area (Å²) < 4.78 is 5.67. The smallest absolute Gasteiger partial charge is 0.0966 e. The highest BCUT2D eigenvalue weighted by molar-refractivity contribution is 5.83. The van der Waals surface area contributed by atoms with Crippen LogP contribution in [-0.4, -0.2) is 30.6 Å². The minimum Gasteiger partial charge on any atom is -0.373 e. The fourth-order valence-corrected chi connectivity index (χ4v) is 2.11. The molecule has 0 amide bonds. The van der Waals surface area contributed by atoms with Gasteiger partial charge in [0.2, 0.25) is 0 Å². The molecule has 2 aliphatic heterocycles. The van der Waals surface area contributed by atoms with Gasteiger partial charge < -0.3 is 10.1 Å². The number of nitrogens with one attached hydrogen (secondary N) is 1. The molecular weight excluding hydrogens is 164 g/mol. The van der Waals surface area contributed by atoms with E-state index < -0.39 is 0 Å². The first-order chi connectivity index (χ1) is 6.25. The summed E-state index contributed by atoms with van der Waals surface area (Å²) in [7, 11) is 0. The molecule has 1 N–H and O–H groups in total. The average Bonchev–Trinajstić information content (AvgIpc) is 2.63. The van der Waals surface area contributed by atoms with Gasteiger partial charge in [0.1, 0.15) is 0 Å². The first kappa shape index (κ1) is 9.00. The van der Waals surface area contributed by atoms with Crippen molar-refractivity contribution in [1.82, 2.24) is 5.32 Å². The van der Waals surface area contributed by atoms with Gasteiger partial charge in [-0.15, -0.1) is 0 Å². The second-order valence-electron chi connectivity index (χ2n) is 4.07. The third-order valence-electron chi connectivity index (χ3n) is 2.83. The molecule has 3 nitrogen and oxygen atoms in total. The van der Waals surface area contributed by atoms with Crippen molar-refractivity contribution in [3.05, 3.63) is 0 Å². The van der Waals surface area contributed by atoms with E-state index in [0.29, 0.717) is 18.2 Å². The van der Waals surface area contributed by atoms with E-state index in [4.69, 9.17) is 4.74 Å². The van der Waals surface area contributed by atoms with Gasteiger partial charge in [-0.1, -0.05) is 0 Å². The van der Waals surface area contributed by atoms with Crippen molar-refractivity contribution >= 4 is 5.84 Å². The molecule has 0 aromatic rings. The largest absolute Gasteiger partial charge is 0.373 e. The molecular formula is C10H18N2O. The molecule has 0 bridgehead atoms. The van der Waals surface area contributed by atoms with E-state index in [9.17, 15) is 0 Å². The summed E-state index contributed by atoms with van der Waals surface area (Å²) in [5.41, 5.74) is 0. The highest BCUT2D eigenvalue weighted by atomic mass is 16.5. The normalized spacial score (nSPS) is 39.2. The standard InChI is InChI=1S/C10H18N2O/c1-7-6-9(8(2)13-7)12-10-4-3-5-11-10/h7-9H,3-6H2,1-2H3,(H,11,12). The quantitative estimate of drug-likeness (QED) is 0.664. The van der Waals surface area contributed by atoms with Crippen LogP contribution in [0.15, 0.2) is 4.99 Å². The molecule has 0 radical (unpaired) electrons. The van der Waals surface area contributed by atoms with Crippen LogP contribution in [0.4, 0.5) is 0 Å². The van der Waals surface area contributed by atoms with Gasteiger partial charge in [-0.2, -0.15) is 0 Å². The number of rotatable bonds is 1. The molecule has 0 saturated carbocycles. The monoisotopic (exact) mass is 182 g/mol. The van der Waals surface area contributed by atoms with Crippen LogP contribution in [0.2, 0.25) is 0 Å². The summed E-state index contributed by atoms with van der Waals surface area (Å²) in [5, 5.41) is 3.48. The SMILES string of the molecule is CC1CC(NC2=NCCC2)C(C)O1. The number of nitrogens with zero attached hydrogens (tertiary/aromatic N) is 1. The Balaban J connectivity index is 1.87. The van der Waals surface area contributed by atoms with Gasteiger partial charge in [0.15, 0.2) is 0 Å². The summed E-state index contributed by atoms with van der Waals surface area (Å²) in [4.78, 5) is 4.41. The fraction of sp³-hybridized carbons (Fsp3) is 0.900. The van der Waals surface area contributed by atoms with Crippen molar-refractivity contribution in [3.8, 4) is 0 Å². The molecule has 2 heterocycles. The Labute approximate surface area is 79.6 Å². The minimum atomic E-state index is 0.332. The van der Waals surface area contributed by atoms with Gasteiger partial charge in [-0.3, -0.25) is 4.99 Å². The third-order valence-corrected chi connectivity index (χ3v) is 2.83. The number of amidine groups is 1. The lowest BCUT2D eigenvalue weighted by Crippen LogP contribution is -2.38. The number of aliphatic imine (C=N–C) groups is 1. The molecule has 13 heavy (non-hydrogen) atoms. The summed E-state index contributed by atoms with van der Waals surface area (Å²) in [6, 6.07) is 0.479. The molecule has 2 aliphatic rings.